The molecular weight excluding hydrogens is 200 g/mol. The predicted molar refractivity (Wildman–Crippen MR) is 56.8 cm³/mol. The molecule has 0 saturated heterocycles. The van der Waals surface area contributed by atoms with E-state index in [0.29, 0.717) is 0 Å². The predicted octanol–water partition coefficient (Wildman–Crippen LogP) is 1.15. The number of H-pyrrole nitrogens is 1. The fraction of sp³-hybridized carbons (Fsp3) is 0.667. The second kappa shape index (κ2) is 4.14. The summed E-state index contributed by atoms with van der Waals surface area (Å²) in [7, 11) is 0. The first-order valence-electron chi connectivity index (χ1n) is 4.88. The van der Waals surface area contributed by atoms with Gasteiger partial charge in [0.05, 0.1) is 12.1 Å². The van der Waals surface area contributed by atoms with Gasteiger partial charge in [0.25, 0.3) is 0 Å². The van der Waals surface area contributed by atoms with Gasteiger partial charge in [-0.1, -0.05) is 24.2 Å². The molecule has 2 atom stereocenters. The summed E-state index contributed by atoms with van der Waals surface area (Å²) in [4.78, 5) is 13.5. The van der Waals surface area contributed by atoms with E-state index < -0.39 is 0 Å². The summed E-state index contributed by atoms with van der Waals surface area (Å²) in [6.07, 6.45) is 3.78. The van der Waals surface area contributed by atoms with Crippen molar-refractivity contribution >= 4 is 17.2 Å². The highest BCUT2D eigenvalue weighted by atomic mass is 32.1. The zero-order valence-electron chi connectivity index (χ0n) is 7.82. The van der Waals surface area contributed by atoms with Gasteiger partial charge in [-0.05, 0) is 12.8 Å². The van der Waals surface area contributed by atoms with Crippen LogP contribution in [0.5, 0.6) is 0 Å². The molecule has 0 aromatic carbocycles. The third kappa shape index (κ3) is 2.16. The second-order valence-corrected chi connectivity index (χ2v) is 4.51. The van der Waals surface area contributed by atoms with E-state index in [1.54, 1.807) is 5.38 Å². The van der Waals surface area contributed by atoms with Gasteiger partial charge in [0.1, 0.15) is 5.82 Å². The van der Waals surface area contributed by atoms with E-state index in [9.17, 15) is 9.90 Å². The molecule has 1 aromatic rings. The zero-order chi connectivity index (χ0) is 9.97. The van der Waals surface area contributed by atoms with Crippen molar-refractivity contribution in [2.45, 2.75) is 37.8 Å². The first-order valence-corrected chi connectivity index (χ1v) is 5.76. The maximum absolute atomic E-state index is 10.9. The van der Waals surface area contributed by atoms with Gasteiger partial charge in [-0.15, -0.1) is 0 Å². The summed E-state index contributed by atoms with van der Waals surface area (Å²) < 4.78 is 0. The minimum absolute atomic E-state index is 0.0576. The first kappa shape index (κ1) is 9.73. The van der Waals surface area contributed by atoms with Gasteiger partial charge in [0, 0.05) is 5.38 Å². The molecule has 0 amide bonds. The average Bonchev–Trinajstić information content (AvgIpc) is 2.56. The Bertz CT molecular complexity index is 347. The van der Waals surface area contributed by atoms with E-state index in [-0.39, 0.29) is 17.0 Å². The average molecular weight is 214 g/mol. The molecule has 0 aliphatic heterocycles. The molecule has 1 aliphatic carbocycles. The Labute approximate surface area is 86.0 Å². The number of aliphatic hydroxyl groups is 1. The Morgan fingerprint density at radius 2 is 2.29 bits per heavy atom. The first-order chi connectivity index (χ1) is 6.75. The molecule has 0 radical (unpaired) electrons. The fourth-order valence-electron chi connectivity index (χ4n) is 1.83. The van der Waals surface area contributed by atoms with Crippen LogP contribution in [0.4, 0.5) is 5.82 Å². The maximum Gasteiger partial charge on any atom is 0.306 e. The highest BCUT2D eigenvalue weighted by Crippen LogP contribution is 2.21. The number of aromatic amines is 1. The van der Waals surface area contributed by atoms with Crippen molar-refractivity contribution in [1.29, 1.82) is 0 Å². The van der Waals surface area contributed by atoms with Crippen LogP contribution in [-0.4, -0.2) is 22.2 Å². The van der Waals surface area contributed by atoms with E-state index in [2.05, 4.69) is 10.3 Å². The van der Waals surface area contributed by atoms with Crippen LogP contribution in [0.25, 0.3) is 0 Å². The molecule has 1 heterocycles. The van der Waals surface area contributed by atoms with Crippen molar-refractivity contribution in [3.63, 3.8) is 0 Å². The van der Waals surface area contributed by atoms with Crippen molar-refractivity contribution < 1.29 is 5.11 Å². The lowest BCUT2D eigenvalue weighted by Crippen LogP contribution is -2.36. The van der Waals surface area contributed by atoms with Gasteiger partial charge < -0.3 is 10.4 Å². The van der Waals surface area contributed by atoms with Crippen molar-refractivity contribution in [3.05, 3.63) is 15.0 Å². The van der Waals surface area contributed by atoms with Crippen LogP contribution in [-0.2, 0) is 0 Å². The number of aromatic nitrogens is 1. The lowest BCUT2D eigenvalue weighted by molar-refractivity contribution is 0.116. The van der Waals surface area contributed by atoms with Crippen LogP contribution in [0.15, 0.2) is 10.2 Å². The molecule has 1 aromatic heterocycles. The highest BCUT2D eigenvalue weighted by molar-refractivity contribution is 7.07. The molecular formula is C9H14N2O2S. The van der Waals surface area contributed by atoms with Crippen molar-refractivity contribution in [2.24, 2.45) is 0 Å². The quantitative estimate of drug-likeness (QED) is 0.692. The molecule has 3 N–H and O–H groups in total. The molecule has 78 valence electrons. The monoisotopic (exact) mass is 214 g/mol. The summed E-state index contributed by atoms with van der Waals surface area (Å²) in [5.74, 6) is 0.728. The Morgan fingerprint density at radius 1 is 1.50 bits per heavy atom. The van der Waals surface area contributed by atoms with E-state index in [4.69, 9.17) is 0 Å². The van der Waals surface area contributed by atoms with Crippen molar-refractivity contribution in [3.8, 4) is 0 Å². The fourth-order valence-corrected chi connectivity index (χ4v) is 2.35. The number of thiazole rings is 1. The SMILES string of the molecule is O=c1[nH]c(NC2CCCCC2O)cs1. The molecule has 2 rings (SSSR count). The normalized spacial score (nSPS) is 27.5. The van der Waals surface area contributed by atoms with Crippen LogP contribution in [0.1, 0.15) is 25.7 Å². The third-order valence-electron chi connectivity index (χ3n) is 2.59. The van der Waals surface area contributed by atoms with E-state index in [0.717, 1.165) is 42.8 Å². The van der Waals surface area contributed by atoms with Gasteiger partial charge in [-0.25, -0.2) is 0 Å². The minimum atomic E-state index is -0.285. The molecule has 1 fully saturated rings. The number of anilines is 1. The zero-order valence-corrected chi connectivity index (χ0v) is 8.64. The Kier molecular flexibility index (Phi) is 2.88. The summed E-state index contributed by atoms with van der Waals surface area (Å²) in [6, 6.07) is 0.0917. The summed E-state index contributed by atoms with van der Waals surface area (Å²) >= 11 is 1.14. The molecule has 14 heavy (non-hydrogen) atoms. The standard InChI is InChI=1S/C9H14N2O2S/c12-7-4-2-1-3-6(7)10-8-5-14-9(13)11-8/h5-7,10,12H,1-4H2,(H,11,13). The van der Waals surface area contributed by atoms with Gasteiger partial charge in [-0.2, -0.15) is 0 Å². The summed E-state index contributed by atoms with van der Waals surface area (Å²) in [5.41, 5.74) is 0. The van der Waals surface area contributed by atoms with Crippen LogP contribution in [0, 0.1) is 0 Å². The number of rotatable bonds is 2. The lowest BCUT2D eigenvalue weighted by Gasteiger charge is -2.28. The molecule has 1 saturated carbocycles. The largest absolute Gasteiger partial charge is 0.391 e. The number of aliphatic hydroxyl groups excluding tert-OH is 1. The Balaban J connectivity index is 1.99. The number of hydrogen-bond acceptors (Lipinski definition) is 4. The third-order valence-corrected chi connectivity index (χ3v) is 3.26. The van der Waals surface area contributed by atoms with Crippen molar-refractivity contribution in [1.82, 2.24) is 4.98 Å². The Hall–Kier alpha value is -0.810. The van der Waals surface area contributed by atoms with Crippen LogP contribution >= 0.6 is 11.3 Å². The van der Waals surface area contributed by atoms with Gasteiger partial charge in [0.15, 0.2) is 0 Å². The van der Waals surface area contributed by atoms with Gasteiger partial charge in [-0.3, -0.25) is 9.78 Å². The molecule has 2 unspecified atom stereocenters. The molecule has 0 bridgehead atoms. The highest BCUT2D eigenvalue weighted by Gasteiger charge is 2.22. The van der Waals surface area contributed by atoms with E-state index >= 15 is 0 Å². The minimum Gasteiger partial charge on any atom is -0.391 e. The van der Waals surface area contributed by atoms with Crippen LogP contribution in [0.3, 0.4) is 0 Å². The second-order valence-electron chi connectivity index (χ2n) is 3.66. The number of nitrogens with one attached hydrogen (secondary N) is 2. The van der Waals surface area contributed by atoms with Crippen molar-refractivity contribution in [2.75, 3.05) is 5.32 Å². The lowest BCUT2D eigenvalue weighted by atomic mass is 9.93. The summed E-state index contributed by atoms with van der Waals surface area (Å²) in [6.45, 7) is 0. The topological polar surface area (TPSA) is 65.1 Å². The summed E-state index contributed by atoms with van der Waals surface area (Å²) in [5, 5.41) is 14.6. The smallest absolute Gasteiger partial charge is 0.306 e. The van der Waals surface area contributed by atoms with Crippen LogP contribution < -0.4 is 10.2 Å². The van der Waals surface area contributed by atoms with Gasteiger partial charge >= 0.3 is 4.87 Å². The Morgan fingerprint density at radius 3 is 2.93 bits per heavy atom. The molecule has 4 nitrogen and oxygen atoms in total. The van der Waals surface area contributed by atoms with E-state index in [1.165, 1.54) is 0 Å². The maximum atomic E-state index is 10.9. The molecule has 5 heteroatoms. The molecule has 1 aliphatic rings. The molecule has 0 spiro atoms. The van der Waals surface area contributed by atoms with E-state index in [1.807, 2.05) is 0 Å². The number of hydrogen-bond donors (Lipinski definition) is 3. The van der Waals surface area contributed by atoms with Crippen LogP contribution in [0.2, 0.25) is 0 Å². The van der Waals surface area contributed by atoms with Gasteiger partial charge in [0.2, 0.25) is 0 Å².